The van der Waals surface area contributed by atoms with Gasteiger partial charge in [-0.25, -0.2) is 9.78 Å². The van der Waals surface area contributed by atoms with Gasteiger partial charge in [0, 0.05) is 12.2 Å². The van der Waals surface area contributed by atoms with Crippen LogP contribution in [-0.2, 0) is 17.7 Å². The van der Waals surface area contributed by atoms with Gasteiger partial charge < -0.3 is 14.3 Å². The number of ether oxygens (including phenoxy) is 1. The van der Waals surface area contributed by atoms with Gasteiger partial charge in [-0.2, -0.15) is 0 Å². The van der Waals surface area contributed by atoms with Crippen molar-refractivity contribution in [3.63, 3.8) is 0 Å². The highest BCUT2D eigenvalue weighted by Crippen LogP contribution is 2.30. The molecule has 0 saturated heterocycles. The van der Waals surface area contributed by atoms with E-state index in [1.54, 1.807) is 6.92 Å². The zero-order valence-electron chi connectivity index (χ0n) is 10.0. The summed E-state index contributed by atoms with van der Waals surface area (Å²) in [5.41, 5.74) is 3.24. The fourth-order valence-electron chi connectivity index (χ4n) is 2.58. The molecule has 0 saturated carbocycles. The van der Waals surface area contributed by atoms with Gasteiger partial charge in [-0.05, 0) is 19.8 Å². The largest absolute Gasteiger partial charge is 0.462 e. The molecule has 18 heavy (non-hydrogen) atoms. The minimum Gasteiger partial charge on any atom is -0.462 e. The molecule has 94 valence electrons. The van der Waals surface area contributed by atoms with E-state index in [1.807, 2.05) is 0 Å². The van der Waals surface area contributed by atoms with E-state index in [-0.39, 0.29) is 5.97 Å². The first-order valence-corrected chi connectivity index (χ1v) is 6.40. The third-order valence-electron chi connectivity index (χ3n) is 3.24. The number of carbonyl (C=O) groups is 1. The Balaban J connectivity index is 2.34. The van der Waals surface area contributed by atoms with Crippen LogP contribution in [0.15, 0.2) is 6.33 Å². The number of carbonyl (C=O) groups excluding carboxylic acids is 1. The first-order valence-electron chi connectivity index (χ1n) is 6.00. The molecule has 1 aliphatic rings. The van der Waals surface area contributed by atoms with E-state index >= 15 is 0 Å². The summed E-state index contributed by atoms with van der Waals surface area (Å²) in [5.74, 6) is -0.282. The Bertz CT molecular complexity index is 686. The molecule has 6 heteroatoms. The lowest BCUT2D eigenvalue weighted by molar-refractivity contribution is 0.0527. The van der Waals surface area contributed by atoms with Crippen LogP contribution >= 0.6 is 12.2 Å². The number of nitrogens with one attached hydrogen (secondary N) is 1. The smallest absolute Gasteiger partial charge is 0.342 e. The van der Waals surface area contributed by atoms with Gasteiger partial charge in [-0.15, -0.1) is 0 Å². The summed E-state index contributed by atoms with van der Waals surface area (Å²) in [7, 11) is 0. The second-order valence-corrected chi connectivity index (χ2v) is 4.62. The number of fused-ring (bicyclic) bond motifs is 3. The molecular weight excluding hydrogens is 250 g/mol. The van der Waals surface area contributed by atoms with E-state index in [0.717, 1.165) is 36.1 Å². The first kappa shape index (κ1) is 11.4. The van der Waals surface area contributed by atoms with Gasteiger partial charge in [0.25, 0.3) is 0 Å². The van der Waals surface area contributed by atoms with E-state index in [4.69, 9.17) is 17.0 Å². The van der Waals surface area contributed by atoms with Crippen LogP contribution in [0.5, 0.6) is 0 Å². The molecule has 0 unspecified atom stereocenters. The van der Waals surface area contributed by atoms with Crippen LogP contribution in [-0.4, -0.2) is 27.1 Å². The Kier molecular flexibility index (Phi) is 2.66. The first-order chi connectivity index (χ1) is 8.74. The number of aryl methyl sites for hydroxylation is 1. The standard InChI is InChI=1S/C12H13N3O2S/c1-2-17-12(16)8-7-4-3-5-15(7)10-9(8)13-6-14-11(10)18/h6H,2-5H2,1H3,(H,13,14,18). The van der Waals surface area contributed by atoms with Gasteiger partial charge in [0.1, 0.15) is 11.1 Å². The molecule has 1 N–H and O–H groups in total. The maximum Gasteiger partial charge on any atom is 0.342 e. The molecular formula is C12H13N3O2S. The SMILES string of the molecule is CCOC(=O)c1c2n(c3c(=S)nc[nH]c13)CCC2. The summed E-state index contributed by atoms with van der Waals surface area (Å²) >= 11 is 5.26. The van der Waals surface area contributed by atoms with Crippen molar-refractivity contribution in [1.82, 2.24) is 14.5 Å². The average molecular weight is 263 g/mol. The fourth-order valence-corrected chi connectivity index (χ4v) is 2.85. The molecule has 0 atom stereocenters. The van der Waals surface area contributed by atoms with Crippen LogP contribution in [0.25, 0.3) is 11.0 Å². The van der Waals surface area contributed by atoms with Gasteiger partial charge in [-0.3, -0.25) is 0 Å². The van der Waals surface area contributed by atoms with Crippen molar-refractivity contribution in [3.05, 3.63) is 22.2 Å². The lowest BCUT2D eigenvalue weighted by Crippen LogP contribution is -2.07. The number of hydrogen-bond acceptors (Lipinski definition) is 4. The van der Waals surface area contributed by atoms with Gasteiger partial charge >= 0.3 is 5.97 Å². The number of aromatic amines is 1. The molecule has 0 amide bonds. The van der Waals surface area contributed by atoms with Gasteiger partial charge in [0.15, 0.2) is 4.64 Å². The van der Waals surface area contributed by atoms with Crippen LogP contribution in [0.3, 0.4) is 0 Å². The highest BCUT2D eigenvalue weighted by Gasteiger charge is 2.27. The molecule has 5 nitrogen and oxygen atoms in total. The number of esters is 1. The lowest BCUT2D eigenvalue weighted by atomic mass is 10.1. The molecule has 0 spiro atoms. The van der Waals surface area contributed by atoms with Crippen molar-refractivity contribution in [2.75, 3.05) is 6.61 Å². The minimum atomic E-state index is -0.282. The minimum absolute atomic E-state index is 0.282. The molecule has 0 radical (unpaired) electrons. The summed E-state index contributed by atoms with van der Waals surface area (Å²) in [5, 5.41) is 0. The molecule has 3 heterocycles. The highest BCUT2D eigenvalue weighted by atomic mass is 32.1. The van der Waals surface area contributed by atoms with Crippen LogP contribution < -0.4 is 0 Å². The van der Waals surface area contributed by atoms with E-state index < -0.39 is 0 Å². The second-order valence-electron chi connectivity index (χ2n) is 4.23. The fraction of sp³-hybridized carbons (Fsp3) is 0.417. The topological polar surface area (TPSA) is 59.9 Å². The van der Waals surface area contributed by atoms with Crippen LogP contribution in [0.1, 0.15) is 29.4 Å². The molecule has 2 aromatic rings. The summed E-state index contributed by atoms with van der Waals surface area (Å²) in [6.45, 7) is 3.06. The molecule has 3 rings (SSSR count). The predicted octanol–water partition coefficient (Wildman–Crippen LogP) is 2.22. The summed E-state index contributed by atoms with van der Waals surface area (Å²) in [4.78, 5) is 19.2. The Morgan fingerprint density at radius 1 is 1.67 bits per heavy atom. The number of hydrogen-bond donors (Lipinski definition) is 1. The maximum absolute atomic E-state index is 12.1. The third kappa shape index (κ3) is 1.49. The molecule has 2 aromatic heterocycles. The van der Waals surface area contributed by atoms with Crippen molar-refractivity contribution >= 4 is 29.2 Å². The lowest BCUT2D eigenvalue weighted by Gasteiger charge is -2.02. The molecule has 0 aromatic carbocycles. The summed E-state index contributed by atoms with van der Waals surface area (Å²) in [6.07, 6.45) is 3.44. The Hall–Kier alpha value is -1.69. The molecule has 0 aliphatic carbocycles. The van der Waals surface area contributed by atoms with Crippen LogP contribution in [0.2, 0.25) is 0 Å². The molecule has 0 bridgehead atoms. The van der Waals surface area contributed by atoms with Gasteiger partial charge in [0.05, 0.1) is 18.5 Å². The molecule has 1 aliphatic heterocycles. The Morgan fingerprint density at radius 3 is 3.28 bits per heavy atom. The van der Waals surface area contributed by atoms with E-state index in [1.165, 1.54) is 6.33 Å². The maximum atomic E-state index is 12.1. The zero-order chi connectivity index (χ0) is 12.7. The van der Waals surface area contributed by atoms with Crippen molar-refractivity contribution < 1.29 is 9.53 Å². The number of H-pyrrole nitrogens is 1. The quantitative estimate of drug-likeness (QED) is 0.666. The van der Waals surface area contributed by atoms with Gasteiger partial charge in [0.2, 0.25) is 0 Å². The van der Waals surface area contributed by atoms with Gasteiger partial charge in [-0.1, -0.05) is 12.2 Å². The van der Waals surface area contributed by atoms with E-state index in [0.29, 0.717) is 16.8 Å². The predicted molar refractivity (Wildman–Crippen MR) is 69.2 cm³/mol. The zero-order valence-corrected chi connectivity index (χ0v) is 10.8. The average Bonchev–Trinajstić information content (AvgIpc) is 2.88. The monoisotopic (exact) mass is 263 g/mol. The summed E-state index contributed by atoms with van der Waals surface area (Å²) < 4.78 is 7.75. The normalized spacial score (nSPS) is 13.8. The molecule has 0 fully saturated rings. The van der Waals surface area contributed by atoms with Crippen molar-refractivity contribution in [3.8, 4) is 0 Å². The Morgan fingerprint density at radius 2 is 2.50 bits per heavy atom. The third-order valence-corrected chi connectivity index (χ3v) is 3.54. The second kappa shape index (κ2) is 4.20. The van der Waals surface area contributed by atoms with E-state index in [2.05, 4.69) is 14.5 Å². The van der Waals surface area contributed by atoms with Crippen LogP contribution in [0.4, 0.5) is 0 Å². The van der Waals surface area contributed by atoms with Crippen molar-refractivity contribution in [2.24, 2.45) is 0 Å². The number of aromatic nitrogens is 3. The Labute approximate surface area is 109 Å². The highest BCUT2D eigenvalue weighted by molar-refractivity contribution is 7.71. The van der Waals surface area contributed by atoms with E-state index in [9.17, 15) is 4.79 Å². The van der Waals surface area contributed by atoms with Crippen molar-refractivity contribution in [1.29, 1.82) is 0 Å². The number of rotatable bonds is 2. The number of nitrogens with zero attached hydrogens (tertiary/aromatic N) is 2. The van der Waals surface area contributed by atoms with Crippen molar-refractivity contribution in [2.45, 2.75) is 26.3 Å². The van der Waals surface area contributed by atoms with Crippen LogP contribution in [0, 0.1) is 4.64 Å². The summed E-state index contributed by atoms with van der Waals surface area (Å²) in [6, 6.07) is 0.